The van der Waals surface area contributed by atoms with Gasteiger partial charge in [-0.3, -0.25) is 9.59 Å². The van der Waals surface area contributed by atoms with Crippen LogP contribution >= 0.6 is 11.3 Å². The van der Waals surface area contributed by atoms with Gasteiger partial charge in [-0.25, -0.2) is 0 Å². The van der Waals surface area contributed by atoms with E-state index in [4.69, 9.17) is 4.74 Å². The summed E-state index contributed by atoms with van der Waals surface area (Å²) >= 11 is 1.57. The molecule has 1 aromatic heterocycles. The van der Waals surface area contributed by atoms with Gasteiger partial charge in [0.2, 0.25) is 5.91 Å². The van der Waals surface area contributed by atoms with E-state index in [1.54, 1.807) is 36.5 Å². The number of hydrogen-bond donors (Lipinski definition) is 1. The summed E-state index contributed by atoms with van der Waals surface area (Å²) in [5.41, 5.74) is 1.41. The second-order valence-corrected chi connectivity index (χ2v) is 7.06. The summed E-state index contributed by atoms with van der Waals surface area (Å²) in [6.07, 6.45) is 0.759. The van der Waals surface area contributed by atoms with E-state index in [2.05, 4.69) is 5.32 Å². The largest absolute Gasteiger partial charge is 0.385 e. The molecule has 132 valence electrons. The van der Waals surface area contributed by atoms with E-state index in [-0.39, 0.29) is 17.9 Å². The highest BCUT2D eigenvalue weighted by Crippen LogP contribution is 2.43. The Balaban J connectivity index is 1.96. The standard InChI is InChI=1S/C19H22N2O3S/c1-21-17(15-9-5-12-25-15)16(18(22)20-10-6-11-24-2)13-7-3-4-8-14(13)19(21)23/h3-5,7-9,12,16-17H,6,10-11H2,1-2H3,(H,20,22)/t16-,17-/m1/s1. The van der Waals surface area contributed by atoms with Crippen LogP contribution in [0.3, 0.4) is 0 Å². The van der Waals surface area contributed by atoms with Crippen molar-refractivity contribution in [3.63, 3.8) is 0 Å². The second kappa shape index (κ2) is 7.80. The van der Waals surface area contributed by atoms with Crippen molar-refractivity contribution in [2.24, 2.45) is 0 Å². The van der Waals surface area contributed by atoms with Crippen LogP contribution in [-0.2, 0) is 9.53 Å². The normalized spacial score (nSPS) is 19.6. The first kappa shape index (κ1) is 17.6. The molecule has 0 bridgehead atoms. The topological polar surface area (TPSA) is 58.6 Å². The zero-order chi connectivity index (χ0) is 17.8. The minimum absolute atomic E-state index is 0.0440. The molecule has 2 aromatic rings. The number of methoxy groups -OCH3 is 1. The van der Waals surface area contributed by atoms with Crippen LogP contribution in [0.15, 0.2) is 41.8 Å². The van der Waals surface area contributed by atoms with Gasteiger partial charge in [0, 0.05) is 37.7 Å². The molecule has 1 N–H and O–H groups in total. The number of carbonyl (C=O) groups is 2. The Morgan fingerprint density at radius 3 is 2.80 bits per heavy atom. The van der Waals surface area contributed by atoms with Crippen molar-refractivity contribution in [2.75, 3.05) is 27.3 Å². The first-order valence-electron chi connectivity index (χ1n) is 8.31. The molecule has 2 amide bonds. The third-order valence-corrected chi connectivity index (χ3v) is 5.46. The first-order valence-corrected chi connectivity index (χ1v) is 9.19. The number of rotatable bonds is 6. The van der Waals surface area contributed by atoms with Gasteiger partial charge >= 0.3 is 0 Å². The summed E-state index contributed by atoms with van der Waals surface area (Å²) in [6, 6.07) is 11.1. The molecule has 0 saturated carbocycles. The SMILES string of the molecule is COCCCNC(=O)[C@@H]1c2ccccc2C(=O)N(C)[C@@H]1c1cccs1. The van der Waals surface area contributed by atoms with Crippen molar-refractivity contribution < 1.29 is 14.3 Å². The lowest BCUT2D eigenvalue weighted by atomic mass is 9.81. The molecule has 1 aliphatic heterocycles. The maximum Gasteiger partial charge on any atom is 0.254 e. The first-order chi connectivity index (χ1) is 12.1. The third-order valence-electron chi connectivity index (χ3n) is 4.52. The van der Waals surface area contributed by atoms with E-state index in [1.807, 2.05) is 35.7 Å². The molecule has 6 heteroatoms. The van der Waals surface area contributed by atoms with E-state index in [9.17, 15) is 9.59 Å². The average molecular weight is 358 g/mol. The number of benzene rings is 1. The molecule has 0 unspecified atom stereocenters. The molecule has 25 heavy (non-hydrogen) atoms. The van der Waals surface area contributed by atoms with Crippen LogP contribution in [0.5, 0.6) is 0 Å². The van der Waals surface area contributed by atoms with Gasteiger partial charge in [-0.2, -0.15) is 0 Å². The number of hydrogen-bond acceptors (Lipinski definition) is 4. The molecule has 5 nitrogen and oxygen atoms in total. The fourth-order valence-electron chi connectivity index (χ4n) is 3.31. The maximum absolute atomic E-state index is 13.0. The number of carbonyl (C=O) groups excluding carboxylic acids is 2. The van der Waals surface area contributed by atoms with Crippen molar-refractivity contribution in [2.45, 2.75) is 18.4 Å². The second-order valence-electron chi connectivity index (χ2n) is 6.08. The molecule has 0 radical (unpaired) electrons. The van der Waals surface area contributed by atoms with Crippen LogP contribution in [0.25, 0.3) is 0 Å². The van der Waals surface area contributed by atoms with E-state index >= 15 is 0 Å². The van der Waals surface area contributed by atoms with E-state index in [0.717, 1.165) is 16.9 Å². The number of fused-ring (bicyclic) bond motifs is 1. The molecule has 2 heterocycles. The molecule has 0 aliphatic carbocycles. The summed E-state index contributed by atoms with van der Waals surface area (Å²) in [6.45, 7) is 1.16. The molecule has 1 aliphatic rings. The molecule has 3 rings (SSSR count). The van der Waals surface area contributed by atoms with Crippen LogP contribution in [-0.4, -0.2) is 44.0 Å². The van der Waals surface area contributed by atoms with Crippen LogP contribution in [0, 0.1) is 0 Å². The Labute approximate surface area is 151 Å². The van der Waals surface area contributed by atoms with E-state index in [1.165, 1.54) is 0 Å². The monoisotopic (exact) mass is 358 g/mol. The average Bonchev–Trinajstić information content (AvgIpc) is 3.15. The number of ether oxygens (including phenoxy) is 1. The van der Waals surface area contributed by atoms with Crippen molar-refractivity contribution in [3.05, 3.63) is 57.8 Å². The third kappa shape index (κ3) is 3.45. The smallest absolute Gasteiger partial charge is 0.254 e. The number of nitrogens with zero attached hydrogens (tertiary/aromatic N) is 1. The van der Waals surface area contributed by atoms with Crippen LogP contribution in [0.2, 0.25) is 0 Å². The number of nitrogens with one attached hydrogen (secondary N) is 1. The number of likely N-dealkylation sites (N-methyl/N-ethyl adjacent to an activating group) is 1. The predicted molar refractivity (Wildman–Crippen MR) is 97.8 cm³/mol. The summed E-state index contributed by atoms with van der Waals surface area (Å²) in [5, 5.41) is 4.98. The molecular weight excluding hydrogens is 336 g/mol. The summed E-state index contributed by atoms with van der Waals surface area (Å²) in [7, 11) is 3.42. The van der Waals surface area contributed by atoms with Gasteiger partial charge in [0.25, 0.3) is 5.91 Å². The number of thiophene rings is 1. The molecule has 1 aromatic carbocycles. The molecule has 2 atom stereocenters. The van der Waals surface area contributed by atoms with E-state index < -0.39 is 5.92 Å². The Bertz CT molecular complexity index is 745. The minimum Gasteiger partial charge on any atom is -0.385 e. The van der Waals surface area contributed by atoms with Gasteiger partial charge in [-0.15, -0.1) is 11.3 Å². The predicted octanol–water partition coefficient (Wildman–Crippen LogP) is 2.81. The quantitative estimate of drug-likeness (QED) is 0.808. The van der Waals surface area contributed by atoms with Crippen molar-refractivity contribution in [3.8, 4) is 0 Å². The van der Waals surface area contributed by atoms with Crippen molar-refractivity contribution in [1.82, 2.24) is 10.2 Å². The summed E-state index contributed by atoms with van der Waals surface area (Å²) in [5.74, 6) is -0.515. The lowest BCUT2D eigenvalue weighted by molar-refractivity contribution is -0.124. The van der Waals surface area contributed by atoms with Gasteiger partial charge < -0.3 is 15.0 Å². The lowest BCUT2D eigenvalue weighted by Crippen LogP contribution is -2.45. The Morgan fingerprint density at radius 2 is 2.08 bits per heavy atom. The van der Waals surface area contributed by atoms with Gasteiger partial charge in [0.05, 0.1) is 12.0 Å². The Morgan fingerprint density at radius 1 is 1.28 bits per heavy atom. The molecular formula is C19H22N2O3S. The zero-order valence-electron chi connectivity index (χ0n) is 14.4. The van der Waals surface area contributed by atoms with Gasteiger partial charge in [-0.1, -0.05) is 24.3 Å². The maximum atomic E-state index is 13.0. The zero-order valence-corrected chi connectivity index (χ0v) is 15.2. The summed E-state index contributed by atoms with van der Waals surface area (Å²) in [4.78, 5) is 28.5. The van der Waals surface area contributed by atoms with E-state index in [0.29, 0.717) is 18.7 Å². The van der Waals surface area contributed by atoms with Gasteiger partial charge in [-0.05, 0) is 29.5 Å². The number of amides is 2. The fraction of sp³-hybridized carbons (Fsp3) is 0.368. The lowest BCUT2D eigenvalue weighted by Gasteiger charge is -2.39. The van der Waals surface area contributed by atoms with Crippen molar-refractivity contribution in [1.29, 1.82) is 0 Å². The summed E-state index contributed by atoms with van der Waals surface area (Å²) < 4.78 is 5.03. The highest BCUT2D eigenvalue weighted by Gasteiger charge is 2.42. The molecule has 0 spiro atoms. The molecule has 0 saturated heterocycles. The van der Waals surface area contributed by atoms with Crippen molar-refractivity contribution >= 4 is 23.2 Å². The fourth-order valence-corrected chi connectivity index (χ4v) is 4.22. The molecule has 0 fully saturated rings. The highest BCUT2D eigenvalue weighted by atomic mass is 32.1. The minimum atomic E-state index is -0.417. The van der Waals surface area contributed by atoms with Crippen LogP contribution < -0.4 is 5.32 Å². The Hall–Kier alpha value is -2.18. The Kier molecular flexibility index (Phi) is 5.50. The highest BCUT2D eigenvalue weighted by molar-refractivity contribution is 7.10. The van der Waals surface area contributed by atoms with Gasteiger partial charge in [0.15, 0.2) is 0 Å². The van der Waals surface area contributed by atoms with Crippen LogP contribution in [0.1, 0.15) is 39.2 Å². The van der Waals surface area contributed by atoms with Crippen LogP contribution in [0.4, 0.5) is 0 Å². The van der Waals surface area contributed by atoms with Gasteiger partial charge in [0.1, 0.15) is 0 Å².